The van der Waals surface area contributed by atoms with Gasteiger partial charge in [0.15, 0.2) is 0 Å². The summed E-state index contributed by atoms with van der Waals surface area (Å²) >= 11 is 0. The summed E-state index contributed by atoms with van der Waals surface area (Å²) in [5.41, 5.74) is 0.616. The number of carbonyl (C=O) groups excluding carboxylic acids is 1. The second-order valence-corrected chi connectivity index (χ2v) is 7.65. The summed E-state index contributed by atoms with van der Waals surface area (Å²) in [5, 5.41) is 2.80. The monoisotopic (exact) mass is 375 g/mol. The number of carbonyl (C=O) groups is 1. The van der Waals surface area contributed by atoms with Crippen LogP contribution < -0.4 is 10.0 Å². The third-order valence-electron chi connectivity index (χ3n) is 4.03. The Morgan fingerprint density at radius 1 is 1.12 bits per heavy atom. The van der Waals surface area contributed by atoms with Crippen LogP contribution in [0.1, 0.15) is 37.0 Å². The van der Waals surface area contributed by atoms with Gasteiger partial charge < -0.3 is 9.73 Å². The van der Waals surface area contributed by atoms with E-state index in [1.165, 1.54) is 0 Å². The number of fused-ring (bicyclic) bond motifs is 1. The van der Waals surface area contributed by atoms with E-state index in [1.54, 1.807) is 36.6 Å². The molecule has 8 heteroatoms. The number of unbranched alkanes of at least 4 members (excludes halogenated alkanes) is 2. The molecular weight excluding hydrogens is 354 g/mol. The summed E-state index contributed by atoms with van der Waals surface area (Å²) < 4.78 is 31.6. The predicted octanol–water partition coefficient (Wildman–Crippen LogP) is 2.19. The normalized spacial score (nSPS) is 16.2. The third-order valence-corrected chi connectivity index (χ3v) is 5.43. The van der Waals surface area contributed by atoms with Crippen LogP contribution in [0, 0.1) is 0 Å². The van der Waals surface area contributed by atoms with Gasteiger partial charge in [-0.25, -0.2) is 8.42 Å². The number of nitrogens with zero attached hydrogens (tertiary/aromatic N) is 1. The molecule has 138 valence electrons. The van der Waals surface area contributed by atoms with Gasteiger partial charge in [-0.2, -0.15) is 0 Å². The summed E-state index contributed by atoms with van der Waals surface area (Å²) in [5.74, 6) is 1.12. The van der Waals surface area contributed by atoms with E-state index in [0.717, 1.165) is 25.0 Å². The van der Waals surface area contributed by atoms with E-state index in [2.05, 4.69) is 15.0 Å². The lowest BCUT2D eigenvalue weighted by Crippen LogP contribution is -2.22. The summed E-state index contributed by atoms with van der Waals surface area (Å²) in [6, 6.07) is 10.4. The molecule has 1 aromatic heterocycles. The third kappa shape index (κ3) is 4.51. The number of furan rings is 1. The number of nitrogens with one attached hydrogen (secondary N) is 2. The quantitative estimate of drug-likeness (QED) is 0.691. The smallest absolute Gasteiger partial charge is 0.263 e. The summed E-state index contributed by atoms with van der Waals surface area (Å²) in [6.45, 7) is 0.916. The van der Waals surface area contributed by atoms with Crippen molar-refractivity contribution in [3.8, 4) is 0 Å². The lowest BCUT2D eigenvalue weighted by Gasteiger charge is -2.03. The van der Waals surface area contributed by atoms with Gasteiger partial charge in [0.1, 0.15) is 11.6 Å². The fraction of sp³-hybridized carbons (Fsp3) is 0.333. The minimum atomic E-state index is -3.48. The van der Waals surface area contributed by atoms with Crippen LogP contribution in [0.25, 0.3) is 0 Å². The first kappa shape index (κ1) is 18.2. The van der Waals surface area contributed by atoms with Crippen LogP contribution in [0.4, 0.5) is 0 Å². The van der Waals surface area contributed by atoms with Crippen molar-refractivity contribution in [3.05, 3.63) is 54.0 Å². The molecule has 1 amide bonds. The lowest BCUT2D eigenvalue weighted by molar-refractivity contribution is -0.121. The number of amides is 1. The van der Waals surface area contributed by atoms with Gasteiger partial charge in [-0.05, 0) is 37.1 Å². The summed E-state index contributed by atoms with van der Waals surface area (Å²) in [6.07, 6.45) is 4.42. The fourth-order valence-corrected chi connectivity index (χ4v) is 3.95. The number of rotatable bonds is 8. The molecule has 0 saturated heterocycles. The van der Waals surface area contributed by atoms with E-state index < -0.39 is 10.0 Å². The summed E-state index contributed by atoms with van der Waals surface area (Å²) in [4.78, 5) is 16.4. The first-order valence-electron chi connectivity index (χ1n) is 8.52. The van der Waals surface area contributed by atoms with Crippen molar-refractivity contribution in [2.24, 2.45) is 4.99 Å². The van der Waals surface area contributed by atoms with Crippen LogP contribution in [0.2, 0.25) is 0 Å². The van der Waals surface area contributed by atoms with Gasteiger partial charge in [0.25, 0.3) is 10.0 Å². The first-order valence-corrected chi connectivity index (χ1v) is 10.0. The lowest BCUT2D eigenvalue weighted by atomic mass is 10.2. The maximum Gasteiger partial charge on any atom is 0.263 e. The maximum absolute atomic E-state index is 12.0. The zero-order valence-corrected chi connectivity index (χ0v) is 15.1. The molecule has 1 aliphatic rings. The Morgan fingerprint density at radius 3 is 2.77 bits per heavy atom. The van der Waals surface area contributed by atoms with Crippen LogP contribution in [-0.4, -0.2) is 26.7 Å². The van der Waals surface area contributed by atoms with E-state index in [-0.39, 0.29) is 10.8 Å². The number of hydrogen-bond donors (Lipinski definition) is 2. The van der Waals surface area contributed by atoms with E-state index in [4.69, 9.17) is 4.42 Å². The number of benzene rings is 1. The topological polar surface area (TPSA) is 101 Å². The standard InChI is InChI=1S/C18H21N3O4S/c22-17(20-13-14-7-6-12-25-14)10-2-1-5-11-19-18-15-8-3-4-9-16(15)26(23,24)21-18/h3-4,6-9,12H,1-2,5,10-11,13H2,(H,19,21)(H,20,22). The molecule has 2 N–H and O–H groups in total. The van der Waals surface area contributed by atoms with E-state index in [1.807, 2.05) is 6.07 Å². The van der Waals surface area contributed by atoms with Crippen molar-refractivity contribution in [2.45, 2.75) is 37.1 Å². The Hall–Kier alpha value is -2.61. The van der Waals surface area contributed by atoms with Crippen molar-refractivity contribution < 1.29 is 17.6 Å². The van der Waals surface area contributed by atoms with Crippen LogP contribution in [0.5, 0.6) is 0 Å². The molecule has 7 nitrogen and oxygen atoms in total. The van der Waals surface area contributed by atoms with Crippen LogP contribution in [-0.2, 0) is 21.4 Å². The molecule has 3 rings (SSSR count). The van der Waals surface area contributed by atoms with Crippen molar-refractivity contribution >= 4 is 21.8 Å². The molecule has 0 radical (unpaired) electrons. The van der Waals surface area contributed by atoms with Gasteiger partial charge in [0, 0.05) is 18.5 Å². The van der Waals surface area contributed by atoms with Gasteiger partial charge >= 0.3 is 0 Å². The van der Waals surface area contributed by atoms with Crippen LogP contribution in [0.3, 0.4) is 0 Å². The van der Waals surface area contributed by atoms with Gasteiger partial charge in [-0.1, -0.05) is 18.6 Å². The minimum absolute atomic E-state index is 0.00908. The minimum Gasteiger partial charge on any atom is -0.467 e. The molecular formula is C18H21N3O4S. The van der Waals surface area contributed by atoms with Crippen LogP contribution in [0.15, 0.2) is 57.0 Å². The first-order chi connectivity index (χ1) is 12.6. The molecule has 0 saturated carbocycles. The van der Waals surface area contributed by atoms with Crippen molar-refractivity contribution in [1.82, 2.24) is 10.0 Å². The Bertz CT molecular complexity index is 889. The SMILES string of the molecule is O=C(CCCCCN=C1NS(=O)(=O)c2ccccc21)NCc1ccco1. The summed E-state index contributed by atoms with van der Waals surface area (Å²) in [7, 11) is -3.48. The highest BCUT2D eigenvalue weighted by molar-refractivity contribution is 7.90. The Morgan fingerprint density at radius 2 is 1.96 bits per heavy atom. The molecule has 0 aliphatic carbocycles. The highest BCUT2D eigenvalue weighted by atomic mass is 32.2. The Kier molecular flexibility index (Phi) is 5.72. The van der Waals surface area contributed by atoms with E-state index >= 15 is 0 Å². The van der Waals surface area contributed by atoms with Gasteiger partial charge in [0.05, 0.1) is 17.7 Å². The Balaban J connectivity index is 1.37. The molecule has 0 spiro atoms. The van der Waals surface area contributed by atoms with Gasteiger partial charge in [0.2, 0.25) is 5.91 Å². The predicted molar refractivity (Wildman–Crippen MR) is 97.2 cm³/mol. The highest BCUT2D eigenvalue weighted by Gasteiger charge is 2.29. The average molecular weight is 375 g/mol. The average Bonchev–Trinajstić information content (AvgIpc) is 3.23. The van der Waals surface area contributed by atoms with Gasteiger partial charge in [-0.3, -0.25) is 14.5 Å². The molecule has 1 aliphatic heterocycles. The van der Waals surface area contributed by atoms with Gasteiger partial charge in [-0.15, -0.1) is 0 Å². The number of aliphatic imine (C=N–C) groups is 1. The van der Waals surface area contributed by atoms with Crippen molar-refractivity contribution in [3.63, 3.8) is 0 Å². The molecule has 0 fully saturated rings. The Labute approximate surface area is 152 Å². The molecule has 1 aromatic carbocycles. The molecule has 0 unspecified atom stereocenters. The van der Waals surface area contributed by atoms with Crippen molar-refractivity contribution in [1.29, 1.82) is 0 Å². The van der Waals surface area contributed by atoms with Crippen molar-refractivity contribution in [2.75, 3.05) is 6.54 Å². The fourth-order valence-electron chi connectivity index (χ4n) is 2.70. The zero-order chi connectivity index (χ0) is 18.4. The number of sulfonamides is 1. The number of hydrogen-bond acceptors (Lipinski definition) is 5. The number of amidine groups is 1. The molecule has 2 aromatic rings. The molecule has 0 atom stereocenters. The molecule has 2 heterocycles. The molecule has 26 heavy (non-hydrogen) atoms. The van der Waals surface area contributed by atoms with E-state index in [9.17, 15) is 13.2 Å². The largest absolute Gasteiger partial charge is 0.467 e. The molecule has 0 bridgehead atoms. The van der Waals surface area contributed by atoms with E-state index in [0.29, 0.717) is 30.9 Å². The second-order valence-electron chi connectivity index (χ2n) is 6.00. The highest BCUT2D eigenvalue weighted by Crippen LogP contribution is 2.22. The second kappa shape index (κ2) is 8.18. The van der Waals surface area contributed by atoms with Crippen LogP contribution >= 0.6 is 0 Å². The zero-order valence-electron chi connectivity index (χ0n) is 14.3. The maximum atomic E-state index is 12.0.